The number of nitrogens with zero attached hydrogens (tertiary/aromatic N) is 3. The van der Waals surface area contributed by atoms with Crippen molar-refractivity contribution < 1.29 is 14.3 Å². The lowest BCUT2D eigenvalue weighted by Crippen LogP contribution is -2.29. The molecular weight excluding hydrogens is 398 g/mol. The zero-order chi connectivity index (χ0) is 20.8. The number of aromatic nitrogens is 2. The molecule has 0 radical (unpaired) electrons. The number of carbonyl (C=O) groups is 2. The van der Waals surface area contributed by atoms with Crippen molar-refractivity contribution in [1.82, 2.24) is 14.3 Å². The monoisotopic (exact) mass is 421 g/mol. The van der Waals surface area contributed by atoms with Crippen LogP contribution in [0.5, 0.6) is 5.75 Å². The van der Waals surface area contributed by atoms with Crippen LogP contribution < -0.4 is 4.74 Å². The van der Waals surface area contributed by atoms with Gasteiger partial charge in [-0.15, -0.1) is 0 Å². The van der Waals surface area contributed by atoms with Crippen molar-refractivity contribution in [3.63, 3.8) is 0 Å². The van der Waals surface area contributed by atoms with Crippen LogP contribution in [0.1, 0.15) is 24.8 Å². The Hall–Kier alpha value is -3.06. The number of imide groups is 1. The van der Waals surface area contributed by atoms with Crippen LogP contribution in [-0.4, -0.2) is 38.6 Å². The minimum absolute atomic E-state index is 0.180. The number of thioether (sulfide) groups is 1. The van der Waals surface area contributed by atoms with Crippen LogP contribution in [0.4, 0.5) is 4.79 Å². The molecule has 0 N–H and O–H groups in total. The van der Waals surface area contributed by atoms with Gasteiger partial charge >= 0.3 is 0 Å². The lowest BCUT2D eigenvalue weighted by molar-refractivity contribution is -0.122. The van der Waals surface area contributed by atoms with Crippen molar-refractivity contribution in [1.29, 1.82) is 0 Å². The molecule has 7 heteroatoms. The van der Waals surface area contributed by atoms with Gasteiger partial charge in [0.1, 0.15) is 0 Å². The molecular formula is C23H23N3O3S. The first kappa shape index (κ1) is 20.2. The van der Waals surface area contributed by atoms with Crippen molar-refractivity contribution in [3.8, 4) is 5.75 Å². The van der Waals surface area contributed by atoms with E-state index in [1.807, 2.05) is 53.2 Å². The summed E-state index contributed by atoms with van der Waals surface area (Å²) in [5.41, 5.74) is 2.00. The van der Waals surface area contributed by atoms with E-state index in [0.717, 1.165) is 42.4 Å². The number of benzene rings is 1. The first-order chi connectivity index (χ1) is 14.7. The lowest BCUT2D eigenvalue weighted by Gasteiger charge is -2.12. The molecule has 4 rings (SSSR count). The van der Waals surface area contributed by atoms with E-state index in [4.69, 9.17) is 4.74 Å². The van der Waals surface area contributed by atoms with E-state index in [1.54, 1.807) is 6.20 Å². The van der Waals surface area contributed by atoms with E-state index >= 15 is 0 Å². The van der Waals surface area contributed by atoms with Crippen LogP contribution in [0.25, 0.3) is 5.65 Å². The van der Waals surface area contributed by atoms with Crippen molar-refractivity contribution in [2.24, 2.45) is 0 Å². The third kappa shape index (κ3) is 4.74. The van der Waals surface area contributed by atoms with E-state index in [-0.39, 0.29) is 11.1 Å². The van der Waals surface area contributed by atoms with Crippen LogP contribution in [-0.2, 0) is 11.2 Å². The Morgan fingerprint density at radius 3 is 2.77 bits per heavy atom. The summed E-state index contributed by atoms with van der Waals surface area (Å²) in [6.07, 6.45) is 10.4. The Labute approximate surface area is 179 Å². The Kier molecular flexibility index (Phi) is 6.49. The van der Waals surface area contributed by atoms with Gasteiger partial charge in [0.15, 0.2) is 11.4 Å². The van der Waals surface area contributed by atoms with Gasteiger partial charge in [-0.1, -0.05) is 36.4 Å². The molecule has 1 aliphatic heterocycles. The average Bonchev–Trinajstić information content (AvgIpc) is 3.34. The molecule has 6 nitrogen and oxygen atoms in total. The Morgan fingerprint density at radius 1 is 1.03 bits per heavy atom. The van der Waals surface area contributed by atoms with Gasteiger partial charge in [0.2, 0.25) is 0 Å². The topological polar surface area (TPSA) is 63.9 Å². The summed E-state index contributed by atoms with van der Waals surface area (Å²) in [6.45, 7) is 0.924. The maximum Gasteiger partial charge on any atom is 0.293 e. The molecule has 1 saturated heterocycles. The van der Waals surface area contributed by atoms with Gasteiger partial charge in [0, 0.05) is 25.1 Å². The second kappa shape index (κ2) is 9.63. The fraction of sp³-hybridized carbons (Fsp3) is 0.261. The van der Waals surface area contributed by atoms with E-state index in [2.05, 4.69) is 17.1 Å². The molecule has 0 aliphatic carbocycles. The van der Waals surface area contributed by atoms with Gasteiger partial charge in [-0.05, 0) is 55.1 Å². The Balaban J connectivity index is 1.22. The molecule has 30 heavy (non-hydrogen) atoms. The molecule has 0 saturated carbocycles. The van der Waals surface area contributed by atoms with Crippen LogP contribution in [0.15, 0.2) is 72.0 Å². The molecule has 0 atom stereocenters. The molecule has 0 bridgehead atoms. The number of unbranched alkanes of at least 4 members (excludes halogenated alkanes) is 1. The largest absolute Gasteiger partial charge is 0.490 e. The zero-order valence-electron chi connectivity index (χ0n) is 16.6. The summed E-state index contributed by atoms with van der Waals surface area (Å²) < 4.78 is 7.73. The molecule has 3 aromatic rings. The Bertz CT molecular complexity index is 1060. The molecule has 1 aliphatic rings. The van der Waals surface area contributed by atoms with E-state index in [1.165, 1.54) is 10.5 Å². The van der Waals surface area contributed by atoms with Crippen LogP contribution in [0.3, 0.4) is 0 Å². The number of rotatable bonds is 9. The first-order valence-corrected chi connectivity index (χ1v) is 10.9. The predicted molar refractivity (Wildman–Crippen MR) is 117 cm³/mol. The summed E-state index contributed by atoms with van der Waals surface area (Å²) in [6, 6.07) is 13.9. The highest BCUT2D eigenvalue weighted by atomic mass is 32.2. The number of aryl methyl sites for hydroxylation is 1. The predicted octanol–water partition coefficient (Wildman–Crippen LogP) is 4.71. The van der Waals surface area contributed by atoms with Gasteiger partial charge in [-0.25, -0.2) is 4.98 Å². The number of imidazole rings is 1. The number of ether oxygens (including phenoxy) is 1. The van der Waals surface area contributed by atoms with Crippen molar-refractivity contribution >= 4 is 28.6 Å². The van der Waals surface area contributed by atoms with Crippen LogP contribution >= 0.6 is 11.8 Å². The highest BCUT2D eigenvalue weighted by Gasteiger charge is 2.34. The van der Waals surface area contributed by atoms with Gasteiger partial charge in [0.05, 0.1) is 11.5 Å². The molecule has 3 heterocycles. The summed E-state index contributed by atoms with van der Waals surface area (Å²) in [5.74, 6) is 0.552. The fourth-order valence-corrected chi connectivity index (χ4v) is 4.20. The third-order valence-electron chi connectivity index (χ3n) is 4.90. The number of pyridine rings is 1. The minimum atomic E-state index is -0.186. The third-order valence-corrected chi connectivity index (χ3v) is 5.85. The smallest absolute Gasteiger partial charge is 0.293 e. The zero-order valence-corrected chi connectivity index (χ0v) is 17.4. The number of allylic oxidation sites excluding steroid dienone is 1. The molecule has 1 aromatic carbocycles. The molecule has 0 spiro atoms. The summed E-state index contributed by atoms with van der Waals surface area (Å²) in [4.78, 5) is 30.9. The van der Waals surface area contributed by atoms with E-state index < -0.39 is 0 Å². The van der Waals surface area contributed by atoms with Gasteiger partial charge in [-0.3, -0.25) is 14.5 Å². The van der Waals surface area contributed by atoms with Crippen LogP contribution in [0, 0.1) is 0 Å². The molecule has 1 fully saturated rings. The molecule has 154 valence electrons. The SMILES string of the molecule is O=C1S/C(=C/CCc2ccccc2)C(=O)N1CCCCOc1cccn2ccnc12. The average molecular weight is 422 g/mol. The normalized spacial score (nSPS) is 15.5. The van der Waals surface area contributed by atoms with Crippen molar-refractivity contribution in [3.05, 3.63) is 77.6 Å². The number of fused-ring (bicyclic) bond motifs is 1. The molecule has 2 aromatic heterocycles. The minimum Gasteiger partial charge on any atom is -0.490 e. The second-order valence-electron chi connectivity index (χ2n) is 7.00. The quantitative estimate of drug-likeness (QED) is 0.370. The van der Waals surface area contributed by atoms with E-state index in [0.29, 0.717) is 24.5 Å². The maximum absolute atomic E-state index is 12.5. The lowest BCUT2D eigenvalue weighted by atomic mass is 10.1. The van der Waals surface area contributed by atoms with Gasteiger partial charge < -0.3 is 9.14 Å². The standard InChI is InChI=1S/C23H23N3O3S/c27-22-20(12-6-10-18-8-2-1-3-9-18)30-23(28)26(22)15-4-5-17-29-19-11-7-14-25-16-13-24-21(19)25/h1-3,7-9,11-14,16H,4-6,10,15,17H2/b20-12+. The summed E-state index contributed by atoms with van der Waals surface area (Å²) in [7, 11) is 0. The maximum atomic E-state index is 12.5. The van der Waals surface area contributed by atoms with Gasteiger partial charge in [0.25, 0.3) is 11.1 Å². The van der Waals surface area contributed by atoms with Crippen LogP contribution in [0.2, 0.25) is 0 Å². The first-order valence-electron chi connectivity index (χ1n) is 10.0. The molecule has 0 unspecified atom stereocenters. The van der Waals surface area contributed by atoms with Crippen molar-refractivity contribution in [2.75, 3.05) is 13.2 Å². The summed E-state index contributed by atoms with van der Waals surface area (Å²) in [5, 5.41) is -0.186. The number of amides is 2. The number of carbonyl (C=O) groups excluding carboxylic acids is 2. The summed E-state index contributed by atoms with van der Waals surface area (Å²) >= 11 is 1.04. The van der Waals surface area contributed by atoms with E-state index in [9.17, 15) is 9.59 Å². The molecule has 2 amide bonds. The van der Waals surface area contributed by atoms with Gasteiger partial charge in [-0.2, -0.15) is 0 Å². The van der Waals surface area contributed by atoms with Crippen molar-refractivity contribution in [2.45, 2.75) is 25.7 Å². The Morgan fingerprint density at radius 2 is 1.90 bits per heavy atom. The number of hydrogen-bond donors (Lipinski definition) is 0. The fourth-order valence-electron chi connectivity index (χ4n) is 3.33. The highest BCUT2D eigenvalue weighted by molar-refractivity contribution is 8.18. The number of hydrogen-bond acceptors (Lipinski definition) is 5. The highest BCUT2D eigenvalue weighted by Crippen LogP contribution is 2.31. The second-order valence-corrected chi connectivity index (χ2v) is 8.00.